The smallest absolute Gasteiger partial charge is 0.196 e. The van der Waals surface area contributed by atoms with Gasteiger partial charge in [-0.1, -0.05) is 15.9 Å². The van der Waals surface area contributed by atoms with Crippen LogP contribution in [0.3, 0.4) is 0 Å². The number of halogens is 1. The van der Waals surface area contributed by atoms with E-state index in [-0.39, 0.29) is 0 Å². The SMILES string of the molecule is Nc1cc(N)nc(Sc2ccc(C=O)c(Br)c2)n1. The molecule has 1 aromatic carbocycles. The standard InChI is InChI=1S/C11H9BrN4OS/c12-8-3-7(2-1-6(8)5-17)18-11-15-9(13)4-10(14)16-11/h1-5H,(H4,13,14,15,16). The molecular weight excluding hydrogens is 316 g/mol. The van der Waals surface area contributed by atoms with Crippen molar-refractivity contribution in [2.24, 2.45) is 0 Å². The number of hydrogen-bond acceptors (Lipinski definition) is 6. The largest absolute Gasteiger partial charge is 0.383 e. The van der Waals surface area contributed by atoms with Crippen molar-refractivity contribution in [3.63, 3.8) is 0 Å². The van der Waals surface area contributed by atoms with E-state index < -0.39 is 0 Å². The highest BCUT2D eigenvalue weighted by molar-refractivity contribution is 9.10. The lowest BCUT2D eigenvalue weighted by atomic mass is 10.2. The first-order chi connectivity index (χ1) is 8.58. The minimum Gasteiger partial charge on any atom is -0.383 e. The number of anilines is 2. The van der Waals surface area contributed by atoms with Crippen LogP contribution in [0.25, 0.3) is 0 Å². The maximum absolute atomic E-state index is 10.7. The lowest BCUT2D eigenvalue weighted by Crippen LogP contribution is -1.99. The summed E-state index contributed by atoms with van der Waals surface area (Å²) in [5.74, 6) is 0.655. The van der Waals surface area contributed by atoms with Crippen molar-refractivity contribution in [2.45, 2.75) is 10.1 Å². The van der Waals surface area contributed by atoms with Crippen molar-refractivity contribution in [3.05, 3.63) is 34.3 Å². The van der Waals surface area contributed by atoms with Crippen molar-refractivity contribution in [1.82, 2.24) is 9.97 Å². The third-order valence-corrected chi connectivity index (χ3v) is 3.59. The second kappa shape index (κ2) is 5.36. The first-order valence-electron chi connectivity index (χ1n) is 4.91. The van der Waals surface area contributed by atoms with E-state index in [1.807, 2.05) is 12.1 Å². The molecule has 1 heterocycles. The highest BCUT2D eigenvalue weighted by Crippen LogP contribution is 2.29. The van der Waals surface area contributed by atoms with Crippen molar-refractivity contribution in [2.75, 3.05) is 11.5 Å². The Labute approximate surface area is 116 Å². The number of nitrogens with zero attached hydrogens (tertiary/aromatic N) is 2. The van der Waals surface area contributed by atoms with Gasteiger partial charge < -0.3 is 11.5 Å². The predicted molar refractivity (Wildman–Crippen MR) is 74.5 cm³/mol. The van der Waals surface area contributed by atoms with Gasteiger partial charge in [-0.25, -0.2) is 9.97 Å². The fraction of sp³-hybridized carbons (Fsp3) is 0. The molecule has 0 radical (unpaired) electrons. The molecule has 0 unspecified atom stereocenters. The minimum atomic E-state index is 0.327. The highest BCUT2D eigenvalue weighted by atomic mass is 79.9. The van der Waals surface area contributed by atoms with Gasteiger partial charge in [0.05, 0.1) is 0 Å². The zero-order valence-electron chi connectivity index (χ0n) is 9.13. The first-order valence-corrected chi connectivity index (χ1v) is 6.52. The number of rotatable bonds is 3. The molecule has 0 saturated heterocycles. The molecule has 0 fully saturated rings. The van der Waals surface area contributed by atoms with E-state index >= 15 is 0 Å². The van der Waals surface area contributed by atoms with Crippen molar-refractivity contribution >= 4 is 45.6 Å². The Morgan fingerprint density at radius 1 is 1.17 bits per heavy atom. The van der Waals surface area contributed by atoms with E-state index in [0.29, 0.717) is 22.4 Å². The molecule has 7 heteroatoms. The number of aldehydes is 1. The number of benzene rings is 1. The Balaban J connectivity index is 2.28. The summed E-state index contributed by atoms with van der Waals surface area (Å²) in [4.78, 5) is 19.7. The van der Waals surface area contributed by atoms with Gasteiger partial charge in [0.15, 0.2) is 11.4 Å². The second-order valence-electron chi connectivity index (χ2n) is 3.40. The summed E-state index contributed by atoms with van der Waals surface area (Å²) in [5.41, 5.74) is 11.8. The Hall–Kier alpha value is -1.60. The molecule has 5 nitrogen and oxygen atoms in total. The summed E-state index contributed by atoms with van der Waals surface area (Å²) in [6, 6.07) is 6.84. The van der Waals surface area contributed by atoms with Crippen LogP contribution >= 0.6 is 27.7 Å². The van der Waals surface area contributed by atoms with Gasteiger partial charge in [-0.05, 0) is 30.0 Å². The van der Waals surface area contributed by atoms with E-state index in [1.54, 1.807) is 6.07 Å². The van der Waals surface area contributed by atoms with Crippen LogP contribution in [0.5, 0.6) is 0 Å². The van der Waals surface area contributed by atoms with Crippen LogP contribution in [-0.4, -0.2) is 16.3 Å². The van der Waals surface area contributed by atoms with E-state index in [0.717, 1.165) is 15.7 Å². The normalized spacial score (nSPS) is 10.3. The molecule has 0 saturated carbocycles. The summed E-state index contributed by atoms with van der Waals surface area (Å²) >= 11 is 4.64. The maximum Gasteiger partial charge on any atom is 0.196 e. The average molecular weight is 325 g/mol. The first kappa shape index (κ1) is 12.8. The number of carbonyl (C=O) groups is 1. The molecule has 4 N–H and O–H groups in total. The van der Waals surface area contributed by atoms with Gasteiger partial charge in [0.1, 0.15) is 11.6 Å². The average Bonchev–Trinajstić information content (AvgIpc) is 2.27. The molecule has 18 heavy (non-hydrogen) atoms. The molecule has 2 aromatic rings. The molecule has 0 aliphatic rings. The Morgan fingerprint density at radius 2 is 1.83 bits per heavy atom. The highest BCUT2D eigenvalue weighted by Gasteiger charge is 2.06. The van der Waals surface area contributed by atoms with E-state index in [2.05, 4.69) is 25.9 Å². The van der Waals surface area contributed by atoms with Gasteiger partial charge in [-0.3, -0.25) is 4.79 Å². The number of hydrogen-bond donors (Lipinski definition) is 2. The third kappa shape index (κ3) is 2.99. The minimum absolute atomic E-state index is 0.327. The van der Waals surface area contributed by atoms with Gasteiger partial charge in [0.2, 0.25) is 0 Å². The van der Waals surface area contributed by atoms with Gasteiger partial charge in [0, 0.05) is 21.0 Å². The van der Waals surface area contributed by atoms with Crippen LogP contribution < -0.4 is 11.5 Å². The zero-order valence-corrected chi connectivity index (χ0v) is 11.5. The van der Waals surface area contributed by atoms with Gasteiger partial charge >= 0.3 is 0 Å². The summed E-state index contributed by atoms with van der Waals surface area (Å²) in [6.45, 7) is 0. The number of carbonyl (C=O) groups excluding carboxylic acids is 1. The monoisotopic (exact) mass is 324 g/mol. The fourth-order valence-electron chi connectivity index (χ4n) is 1.28. The van der Waals surface area contributed by atoms with Gasteiger partial charge in [0.25, 0.3) is 0 Å². The van der Waals surface area contributed by atoms with Gasteiger partial charge in [-0.2, -0.15) is 0 Å². The Morgan fingerprint density at radius 3 is 2.39 bits per heavy atom. The molecule has 0 amide bonds. The Bertz CT molecular complexity index is 585. The van der Waals surface area contributed by atoms with E-state index in [9.17, 15) is 4.79 Å². The molecular formula is C11H9BrN4OS. The molecule has 1 aromatic heterocycles. The number of aromatic nitrogens is 2. The van der Waals surface area contributed by atoms with Crippen LogP contribution in [0.2, 0.25) is 0 Å². The van der Waals surface area contributed by atoms with Crippen molar-refractivity contribution < 1.29 is 4.79 Å². The Kier molecular flexibility index (Phi) is 3.83. The topological polar surface area (TPSA) is 94.9 Å². The third-order valence-electron chi connectivity index (χ3n) is 2.05. The molecule has 92 valence electrons. The van der Waals surface area contributed by atoms with E-state index in [4.69, 9.17) is 11.5 Å². The molecule has 0 aliphatic heterocycles. The quantitative estimate of drug-likeness (QED) is 0.664. The molecule has 2 rings (SSSR count). The molecule has 0 spiro atoms. The van der Waals surface area contributed by atoms with Crippen LogP contribution in [0, 0.1) is 0 Å². The zero-order chi connectivity index (χ0) is 13.1. The van der Waals surface area contributed by atoms with Crippen LogP contribution in [-0.2, 0) is 0 Å². The van der Waals surface area contributed by atoms with Crippen LogP contribution in [0.4, 0.5) is 11.6 Å². The molecule has 0 bridgehead atoms. The molecule has 0 atom stereocenters. The van der Waals surface area contributed by atoms with Crippen molar-refractivity contribution in [1.29, 1.82) is 0 Å². The van der Waals surface area contributed by atoms with E-state index in [1.165, 1.54) is 17.8 Å². The summed E-state index contributed by atoms with van der Waals surface area (Å²) in [6.07, 6.45) is 0.785. The number of nitrogen functional groups attached to an aromatic ring is 2. The van der Waals surface area contributed by atoms with Crippen LogP contribution in [0.15, 0.2) is 38.8 Å². The molecule has 0 aliphatic carbocycles. The van der Waals surface area contributed by atoms with Crippen molar-refractivity contribution in [3.8, 4) is 0 Å². The second-order valence-corrected chi connectivity index (χ2v) is 5.30. The summed E-state index contributed by atoms with van der Waals surface area (Å²) in [7, 11) is 0. The fourth-order valence-corrected chi connectivity index (χ4v) is 2.73. The van der Waals surface area contributed by atoms with Gasteiger partial charge in [-0.15, -0.1) is 0 Å². The lowest BCUT2D eigenvalue weighted by Gasteiger charge is -2.04. The maximum atomic E-state index is 10.7. The summed E-state index contributed by atoms with van der Waals surface area (Å²) in [5, 5.41) is 0.471. The van der Waals surface area contributed by atoms with Crippen LogP contribution in [0.1, 0.15) is 10.4 Å². The predicted octanol–water partition coefficient (Wildman–Crippen LogP) is 2.37. The number of nitrogens with two attached hydrogens (primary N) is 2. The lowest BCUT2D eigenvalue weighted by molar-refractivity contribution is 0.112. The summed E-state index contributed by atoms with van der Waals surface area (Å²) < 4.78 is 0.722.